The van der Waals surface area contributed by atoms with Gasteiger partial charge in [-0.25, -0.2) is 12.8 Å². The molecule has 0 saturated heterocycles. The van der Waals surface area contributed by atoms with Crippen LogP contribution in [0.3, 0.4) is 0 Å². The minimum absolute atomic E-state index is 0.00560. The van der Waals surface area contributed by atoms with Crippen LogP contribution in [0.5, 0.6) is 0 Å². The third-order valence-corrected chi connectivity index (χ3v) is 8.31. The van der Waals surface area contributed by atoms with E-state index in [2.05, 4.69) is 5.32 Å². The Morgan fingerprint density at radius 3 is 2.14 bits per heavy atom. The van der Waals surface area contributed by atoms with Crippen LogP contribution < -0.4 is 9.62 Å². The van der Waals surface area contributed by atoms with Crippen LogP contribution in [-0.2, 0) is 32.6 Å². The topological polar surface area (TPSA) is 86.8 Å². The van der Waals surface area contributed by atoms with Gasteiger partial charge in [-0.3, -0.25) is 13.9 Å². The van der Waals surface area contributed by atoms with E-state index in [0.29, 0.717) is 21.3 Å². The highest BCUT2D eigenvalue weighted by atomic mass is 35.5. The van der Waals surface area contributed by atoms with E-state index in [4.69, 9.17) is 23.2 Å². The maximum absolute atomic E-state index is 13.9. The van der Waals surface area contributed by atoms with Crippen LogP contribution in [0.1, 0.15) is 44.7 Å². The van der Waals surface area contributed by atoms with Gasteiger partial charge in [0, 0.05) is 31.5 Å². The van der Waals surface area contributed by atoms with E-state index in [-0.39, 0.29) is 44.2 Å². The molecule has 0 radical (unpaired) electrons. The summed E-state index contributed by atoms with van der Waals surface area (Å²) in [6.07, 6.45) is 1.45. The van der Waals surface area contributed by atoms with Gasteiger partial charge in [-0.15, -0.1) is 0 Å². The van der Waals surface area contributed by atoms with Crippen molar-refractivity contribution in [2.75, 3.05) is 17.1 Å². The molecule has 1 N–H and O–H groups in total. The molecular weight excluding hydrogens is 600 g/mol. The number of hydrogen-bond donors (Lipinski definition) is 1. The molecule has 0 fully saturated rings. The molecule has 0 unspecified atom stereocenters. The molecule has 0 spiro atoms. The predicted molar refractivity (Wildman–Crippen MR) is 167 cm³/mol. The molecule has 0 aromatic heterocycles. The van der Waals surface area contributed by atoms with E-state index < -0.39 is 27.4 Å². The van der Waals surface area contributed by atoms with Crippen molar-refractivity contribution in [3.63, 3.8) is 0 Å². The molecule has 3 rings (SSSR count). The molecule has 7 nitrogen and oxygen atoms in total. The van der Waals surface area contributed by atoms with Crippen molar-refractivity contribution in [3.8, 4) is 0 Å². The molecule has 0 saturated carbocycles. The van der Waals surface area contributed by atoms with E-state index in [9.17, 15) is 22.4 Å². The highest BCUT2D eigenvalue weighted by Gasteiger charge is 2.32. The number of carbonyl (C=O) groups is 2. The smallest absolute Gasteiger partial charge is 0.243 e. The SMILES string of the molecule is CC(C)(C)NC(=O)[C@H](Cc1ccccc1)N(Cc1ccc(Cl)c(Cl)c1)C(=O)CCCN(c1ccc(F)cc1)S(C)(=O)=O. The number of hydrogen-bond acceptors (Lipinski definition) is 4. The number of anilines is 1. The number of rotatable bonds is 12. The summed E-state index contributed by atoms with van der Waals surface area (Å²) in [5.74, 6) is -1.14. The average molecular weight is 637 g/mol. The first-order valence-electron chi connectivity index (χ1n) is 13.5. The highest BCUT2D eigenvalue weighted by Crippen LogP contribution is 2.25. The van der Waals surface area contributed by atoms with Crippen LogP contribution in [-0.4, -0.2) is 49.5 Å². The van der Waals surface area contributed by atoms with Gasteiger partial charge in [0.15, 0.2) is 0 Å². The lowest BCUT2D eigenvalue weighted by molar-refractivity contribution is -0.142. The van der Waals surface area contributed by atoms with Gasteiger partial charge in [-0.1, -0.05) is 59.6 Å². The summed E-state index contributed by atoms with van der Waals surface area (Å²) < 4.78 is 39.6. The first kappa shape index (κ1) is 33.4. The van der Waals surface area contributed by atoms with Crippen molar-refractivity contribution >= 4 is 50.7 Å². The largest absolute Gasteiger partial charge is 0.350 e. The molecule has 0 aliphatic rings. The van der Waals surface area contributed by atoms with Gasteiger partial charge in [-0.2, -0.15) is 0 Å². The molecule has 11 heteroatoms. The standard InChI is InChI=1S/C31H36Cl2FN3O4S/c1-31(2,3)35-30(39)28(20-22-9-6-5-7-10-22)36(21-23-12-17-26(32)27(33)19-23)29(38)11-8-18-37(42(4,40)41)25-15-13-24(34)14-16-25/h5-7,9-10,12-17,19,28H,8,11,18,20-21H2,1-4H3,(H,35,39)/t28-/m0/s1. The fraction of sp³-hybridized carbons (Fsp3) is 0.355. The summed E-state index contributed by atoms with van der Waals surface area (Å²) in [6.45, 7) is 5.67. The van der Waals surface area contributed by atoms with Crippen LogP contribution in [0.25, 0.3) is 0 Å². The molecular formula is C31H36Cl2FN3O4S. The summed E-state index contributed by atoms with van der Waals surface area (Å²) >= 11 is 12.4. The third-order valence-electron chi connectivity index (χ3n) is 6.37. The van der Waals surface area contributed by atoms with Gasteiger partial charge in [0.1, 0.15) is 11.9 Å². The minimum atomic E-state index is -3.70. The third kappa shape index (κ3) is 10.00. The van der Waals surface area contributed by atoms with Crippen molar-refractivity contribution < 1.29 is 22.4 Å². The van der Waals surface area contributed by atoms with Crippen LogP contribution in [0, 0.1) is 5.82 Å². The molecule has 1 atom stereocenters. The number of amides is 2. The Bertz CT molecular complexity index is 1480. The zero-order valence-electron chi connectivity index (χ0n) is 24.1. The van der Waals surface area contributed by atoms with E-state index in [1.165, 1.54) is 29.2 Å². The fourth-order valence-corrected chi connectivity index (χ4v) is 5.74. The van der Waals surface area contributed by atoms with E-state index in [0.717, 1.165) is 16.1 Å². The van der Waals surface area contributed by atoms with Crippen molar-refractivity contribution in [2.45, 2.75) is 58.2 Å². The second-order valence-electron chi connectivity index (χ2n) is 11.1. The lowest BCUT2D eigenvalue weighted by atomic mass is 10.00. The number of carbonyl (C=O) groups excluding carboxylic acids is 2. The Balaban J connectivity index is 1.92. The lowest BCUT2D eigenvalue weighted by Gasteiger charge is -2.34. The van der Waals surface area contributed by atoms with Gasteiger partial charge >= 0.3 is 0 Å². The average Bonchev–Trinajstić information content (AvgIpc) is 2.90. The molecule has 0 aliphatic carbocycles. The van der Waals surface area contributed by atoms with Crippen LogP contribution in [0.4, 0.5) is 10.1 Å². The summed E-state index contributed by atoms with van der Waals surface area (Å²) in [5.41, 5.74) is 1.31. The number of halogens is 3. The van der Waals surface area contributed by atoms with E-state index >= 15 is 0 Å². The van der Waals surface area contributed by atoms with Crippen molar-refractivity contribution in [1.82, 2.24) is 10.2 Å². The zero-order chi connectivity index (χ0) is 31.1. The number of sulfonamides is 1. The van der Waals surface area contributed by atoms with Crippen molar-refractivity contribution in [1.29, 1.82) is 0 Å². The second-order valence-corrected chi connectivity index (χ2v) is 13.9. The van der Waals surface area contributed by atoms with E-state index in [1.54, 1.807) is 18.2 Å². The molecule has 0 bridgehead atoms. The zero-order valence-corrected chi connectivity index (χ0v) is 26.4. The molecule has 2 amide bonds. The van der Waals surface area contributed by atoms with E-state index in [1.807, 2.05) is 51.1 Å². The van der Waals surface area contributed by atoms with Crippen LogP contribution in [0.2, 0.25) is 10.0 Å². The number of benzene rings is 3. The minimum Gasteiger partial charge on any atom is -0.350 e. The molecule has 3 aromatic rings. The molecule has 226 valence electrons. The highest BCUT2D eigenvalue weighted by molar-refractivity contribution is 7.92. The Morgan fingerprint density at radius 1 is 0.929 bits per heavy atom. The van der Waals surface area contributed by atoms with Crippen LogP contribution >= 0.6 is 23.2 Å². The first-order valence-corrected chi connectivity index (χ1v) is 16.1. The maximum Gasteiger partial charge on any atom is 0.243 e. The molecule has 3 aromatic carbocycles. The Labute approximate surface area is 257 Å². The number of nitrogens with zero attached hydrogens (tertiary/aromatic N) is 2. The number of nitrogens with one attached hydrogen (secondary N) is 1. The summed E-state index contributed by atoms with van der Waals surface area (Å²) in [4.78, 5) is 29.1. The van der Waals surface area contributed by atoms with Gasteiger partial charge in [0.2, 0.25) is 21.8 Å². The fourth-order valence-electron chi connectivity index (χ4n) is 4.45. The Hall–Kier alpha value is -3.14. The second kappa shape index (κ2) is 14.4. The maximum atomic E-state index is 13.9. The monoisotopic (exact) mass is 635 g/mol. The quantitative estimate of drug-likeness (QED) is 0.255. The first-order chi connectivity index (χ1) is 19.6. The van der Waals surface area contributed by atoms with Crippen molar-refractivity contribution in [2.24, 2.45) is 0 Å². The normalized spacial score (nSPS) is 12.5. The Morgan fingerprint density at radius 2 is 1.57 bits per heavy atom. The van der Waals surface area contributed by atoms with Crippen LogP contribution in [0.15, 0.2) is 72.8 Å². The van der Waals surface area contributed by atoms with Gasteiger partial charge < -0.3 is 10.2 Å². The summed E-state index contributed by atoms with van der Waals surface area (Å²) in [5, 5.41) is 3.69. The predicted octanol–water partition coefficient (Wildman–Crippen LogP) is 6.23. The summed E-state index contributed by atoms with van der Waals surface area (Å²) in [6, 6.07) is 18.7. The van der Waals surface area contributed by atoms with Gasteiger partial charge in [0.05, 0.1) is 22.0 Å². The Kier molecular flexibility index (Phi) is 11.4. The summed E-state index contributed by atoms with van der Waals surface area (Å²) in [7, 11) is -3.70. The lowest BCUT2D eigenvalue weighted by Crippen LogP contribution is -2.54. The molecule has 0 aliphatic heterocycles. The van der Waals surface area contributed by atoms with Gasteiger partial charge in [0.25, 0.3) is 0 Å². The molecule has 42 heavy (non-hydrogen) atoms. The molecule has 0 heterocycles. The van der Waals surface area contributed by atoms with Gasteiger partial charge in [-0.05, 0) is 74.7 Å². The van der Waals surface area contributed by atoms with Crippen molar-refractivity contribution in [3.05, 3.63) is 99.8 Å².